The van der Waals surface area contributed by atoms with Crippen molar-refractivity contribution < 1.29 is 28.8 Å². The summed E-state index contributed by atoms with van der Waals surface area (Å²) < 4.78 is 21.9. The first-order chi connectivity index (χ1) is 11.0. The predicted molar refractivity (Wildman–Crippen MR) is 92.4 cm³/mol. The molecule has 0 aromatic carbocycles. The summed E-state index contributed by atoms with van der Waals surface area (Å²) in [6.45, 7) is 0. The molecular weight excluding hydrogens is 415 g/mol. The number of carbonyl (C=O) groups excluding carboxylic acids is 1. The highest BCUT2D eigenvalue weighted by atomic mass is 127. The van der Waals surface area contributed by atoms with Crippen molar-refractivity contribution in [3.8, 4) is 0 Å². The van der Waals surface area contributed by atoms with Crippen LogP contribution >= 0.6 is 22.6 Å². The summed E-state index contributed by atoms with van der Waals surface area (Å²) in [4.78, 5) is 11.2. The van der Waals surface area contributed by atoms with E-state index in [1.807, 2.05) is 0 Å². The van der Waals surface area contributed by atoms with Crippen LogP contribution < -0.4 is 0 Å². The van der Waals surface area contributed by atoms with Gasteiger partial charge in [-0.15, -0.1) is 0 Å². The fourth-order valence-corrected chi connectivity index (χ4v) is 4.78. The maximum Gasteiger partial charge on any atom is 0.305 e. The Morgan fingerprint density at radius 1 is 1.30 bits per heavy atom. The van der Waals surface area contributed by atoms with Gasteiger partial charge in [-0.1, -0.05) is 22.6 Å². The summed E-state index contributed by atoms with van der Waals surface area (Å²) in [6.07, 6.45) is 3.12. The van der Waals surface area contributed by atoms with Gasteiger partial charge in [0.2, 0.25) is 0 Å². The molecular formula is C16H27IO6. The molecule has 0 spiro atoms. The predicted octanol–water partition coefficient (Wildman–Crippen LogP) is 1.91. The molecule has 0 aromatic heterocycles. The Hall–Kier alpha value is 0.0400. The van der Waals surface area contributed by atoms with Crippen molar-refractivity contribution >= 4 is 28.6 Å². The molecule has 6 unspecified atom stereocenters. The highest BCUT2D eigenvalue weighted by Crippen LogP contribution is 2.47. The molecule has 7 heteroatoms. The number of hydrogen-bond donors (Lipinski definition) is 1. The van der Waals surface area contributed by atoms with Gasteiger partial charge in [0.25, 0.3) is 0 Å². The number of fused-ring (bicyclic) bond motifs is 1. The Bertz CT molecular complexity index is 389. The first-order valence-corrected chi connectivity index (χ1v) is 9.36. The normalized spacial score (nSPS) is 34.6. The second-order valence-corrected chi connectivity index (χ2v) is 7.92. The Labute approximate surface area is 151 Å². The van der Waals surface area contributed by atoms with Crippen molar-refractivity contribution in [2.75, 3.05) is 21.3 Å². The average molecular weight is 442 g/mol. The number of esters is 1. The van der Waals surface area contributed by atoms with Crippen molar-refractivity contribution in [2.24, 2.45) is 11.8 Å². The third-order valence-corrected chi connectivity index (χ3v) is 6.44. The van der Waals surface area contributed by atoms with Crippen LogP contribution in [0.1, 0.15) is 32.1 Å². The number of rotatable bonds is 8. The van der Waals surface area contributed by atoms with Crippen LogP contribution in [0.2, 0.25) is 0 Å². The molecule has 1 heterocycles. The molecule has 1 aliphatic heterocycles. The van der Waals surface area contributed by atoms with E-state index in [4.69, 9.17) is 14.2 Å². The lowest BCUT2D eigenvalue weighted by Gasteiger charge is -2.28. The number of alkyl halides is 1. The molecule has 1 saturated heterocycles. The van der Waals surface area contributed by atoms with Crippen LogP contribution in [-0.2, 0) is 23.7 Å². The Morgan fingerprint density at radius 2 is 2.00 bits per heavy atom. The molecule has 1 aliphatic carbocycles. The number of carbonyl (C=O) groups is 1. The van der Waals surface area contributed by atoms with E-state index in [0.29, 0.717) is 16.8 Å². The van der Waals surface area contributed by atoms with Gasteiger partial charge in [0, 0.05) is 36.9 Å². The van der Waals surface area contributed by atoms with Gasteiger partial charge in [-0.25, -0.2) is 0 Å². The van der Waals surface area contributed by atoms with Gasteiger partial charge in [-0.3, -0.25) is 4.79 Å². The van der Waals surface area contributed by atoms with Gasteiger partial charge < -0.3 is 24.1 Å². The summed E-state index contributed by atoms with van der Waals surface area (Å²) in [7, 11) is 4.63. The summed E-state index contributed by atoms with van der Waals surface area (Å²) in [5.41, 5.74) is 0. The van der Waals surface area contributed by atoms with E-state index in [2.05, 4.69) is 27.3 Å². The third-order valence-electron chi connectivity index (χ3n) is 5.01. The first-order valence-electron chi connectivity index (χ1n) is 8.11. The lowest BCUT2D eigenvalue weighted by molar-refractivity contribution is -0.164. The van der Waals surface area contributed by atoms with E-state index in [0.717, 1.165) is 19.3 Å². The topological polar surface area (TPSA) is 74.2 Å². The molecule has 0 bridgehead atoms. The van der Waals surface area contributed by atoms with Crippen LogP contribution in [0, 0.1) is 11.8 Å². The average Bonchev–Trinajstić information content (AvgIpc) is 3.06. The molecule has 6 nitrogen and oxygen atoms in total. The minimum Gasteiger partial charge on any atom is -0.469 e. The fraction of sp³-hybridized carbons (Fsp3) is 0.938. The highest BCUT2D eigenvalue weighted by molar-refractivity contribution is 14.1. The monoisotopic (exact) mass is 442 g/mol. The minimum atomic E-state index is -0.442. The zero-order chi connectivity index (χ0) is 17.0. The number of methoxy groups -OCH3 is 3. The molecule has 2 rings (SSSR count). The van der Waals surface area contributed by atoms with Gasteiger partial charge in [-0.05, 0) is 25.2 Å². The highest BCUT2D eigenvalue weighted by Gasteiger charge is 2.53. The van der Waals surface area contributed by atoms with Crippen molar-refractivity contribution in [1.29, 1.82) is 0 Å². The van der Waals surface area contributed by atoms with E-state index in [1.54, 1.807) is 14.2 Å². The van der Waals surface area contributed by atoms with Gasteiger partial charge in [0.05, 0.1) is 25.4 Å². The summed E-state index contributed by atoms with van der Waals surface area (Å²) >= 11 is 2.41. The molecule has 0 amide bonds. The van der Waals surface area contributed by atoms with Gasteiger partial charge in [0.15, 0.2) is 6.29 Å². The number of aliphatic hydroxyl groups excluding tert-OH is 1. The summed E-state index contributed by atoms with van der Waals surface area (Å²) in [5.74, 6) is 0.0560. The molecule has 23 heavy (non-hydrogen) atoms. The van der Waals surface area contributed by atoms with E-state index >= 15 is 0 Å². The summed E-state index contributed by atoms with van der Waals surface area (Å²) in [6, 6.07) is 0. The Kier molecular flexibility index (Phi) is 7.53. The lowest BCUT2D eigenvalue weighted by Crippen LogP contribution is -2.35. The van der Waals surface area contributed by atoms with E-state index in [9.17, 15) is 9.90 Å². The quantitative estimate of drug-likeness (QED) is 0.268. The van der Waals surface area contributed by atoms with Crippen LogP contribution in [0.5, 0.6) is 0 Å². The minimum absolute atomic E-state index is 0.0429. The zero-order valence-electron chi connectivity index (χ0n) is 13.9. The second kappa shape index (κ2) is 8.94. The van der Waals surface area contributed by atoms with E-state index in [-0.39, 0.29) is 30.0 Å². The Balaban J connectivity index is 1.86. The lowest BCUT2D eigenvalue weighted by atomic mass is 9.89. The maximum absolute atomic E-state index is 11.2. The van der Waals surface area contributed by atoms with Crippen molar-refractivity contribution in [3.05, 3.63) is 0 Å². The fourth-order valence-electron chi connectivity index (χ4n) is 3.87. The summed E-state index contributed by atoms with van der Waals surface area (Å²) in [5, 5.41) is 10.3. The second-order valence-electron chi connectivity index (χ2n) is 6.32. The number of hydrogen-bond acceptors (Lipinski definition) is 6. The molecule has 0 aromatic rings. The van der Waals surface area contributed by atoms with Crippen LogP contribution in [0.15, 0.2) is 0 Å². The molecule has 2 aliphatic rings. The van der Waals surface area contributed by atoms with Gasteiger partial charge in [-0.2, -0.15) is 0 Å². The van der Waals surface area contributed by atoms with Gasteiger partial charge in [0.1, 0.15) is 0 Å². The maximum atomic E-state index is 11.2. The number of aliphatic hydroxyl groups is 1. The van der Waals surface area contributed by atoms with Crippen LogP contribution in [0.25, 0.3) is 0 Å². The molecule has 134 valence electrons. The van der Waals surface area contributed by atoms with E-state index in [1.165, 1.54) is 7.11 Å². The van der Waals surface area contributed by atoms with Gasteiger partial charge >= 0.3 is 5.97 Å². The van der Waals surface area contributed by atoms with Crippen molar-refractivity contribution in [2.45, 2.75) is 60.6 Å². The van der Waals surface area contributed by atoms with Crippen LogP contribution in [0.3, 0.4) is 0 Å². The first kappa shape index (κ1) is 19.4. The molecule has 0 radical (unpaired) electrons. The smallest absolute Gasteiger partial charge is 0.305 e. The third kappa shape index (κ3) is 4.56. The molecule has 1 saturated carbocycles. The number of halogens is 1. The van der Waals surface area contributed by atoms with E-state index < -0.39 is 12.4 Å². The van der Waals surface area contributed by atoms with Crippen molar-refractivity contribution in [3.63, 3.8) is 0 Å². The van der Waals surface area contributed by atoms with Crippen LogP contribution in [-0.4, -0.2) is 60.9 Å². The molecule has 6 atom stereocenters. The standard InChI is InChI=1S/C16H27IO6/c1-20-14(19)6-4-5-10(17)13-7-9-12(23-13)8-11(18)15(9)16(21-2)22-3/h9-13,15-16,18H,4-8H2,1-3H3. The number of ether oxygens (including phenoxy) is 4. The molecule has 2 fully saturated rings. The molecule has 1 N–H and O–H groups in total. The van der Waals surface area contributed by atoms with Crippen molar-refractivity contribution in [1.82, 2.24) is 0 Å². The van der Waals surface area contributed by atoms with Crippen LogP contribution in [0.4, 0.5) is 0 Å². The Morgan fingerprint density at radius 3 is 2.61 bits per heavy atom. The largest absolute Gasteiger partial charge is 0.469 e. The SMILES string of the molecule is COC(=O)CCCC(I)C1CC2C(CC(O)C2C(OC)OC)O1. The zero-order valence-corrected chi connectivity index (χ0v) is 16.1.